The van der Waals surface area contributed by atoms with E-state index in [0.717, 1.165) is 26.2 Å². The highest BCUT2D eigenvalue weighted by molar-refractivity contribution is 9.10. The number of benzene rings is 3. The second-order valence-corrected chi connectivity index (χ2v) is 13.8. The molecule has 8 nitrogen and oxygen atoms in total. The van der Waals surface area contributed by atoms with Gasteiger partial charge in [0.15, 0.2) is 5.78 Å². The van der Waals surface area contributed by atoms with Gasteiger partial charge in [0.25, 0.3) is 0 Å². The summed E-state index contributed by atoms with van der Waals surface area (Å²) in [5.74, 6) is -1.14. The molecule has 0 spiro atoms. The third-order valence-corrected chi connectivity index (χ3v) is 7.92. The van der Waals surface area contributed by atoms with Gasteiger partial charge in [-0.3, -0.25) is 18.7 Å². The molecule has 3 rings (SSSR count). The minimum atomic E-state index is -3.93. The number of amides is 2. The van der Waals surface area contributed by atoms with Crippen LogP contribution in [0.3, 0.4) is 0 Å². The number of sulfonamides is 1. The molecule has 10 heteroatoms. The van der Waals surface area contributed by atoms with Crippen molar-refractivity contribution in [2.75, 3.05) is 17.1 Å². The van der Waals surface area contributed by atoms with E-state index in [4.69, 9.17) is 0 Å². The molecule has 41 heavy (non-hydrogen) atoms. The lowest BCUT2D eigenvalue weighted by atomic mass is 10.0. The predicted octanol–water partition coefficient (Wildman–Crippen LogP) is 4.97. The van der Waals surface area contributed by atoms with E-state index in [1.54, 1.807) is 12.1 Å². The first-order chi connectivity index (χ1) is 19.1. The molecule has 0 radical (unpaired) electrons. The molecule has 0 heterocycles. The van der Waals surface area contributed by atoms with E-state index >= 15 is 0 Å². The normalized spacial score (nSPS) is 12.3. The van der Waals surface area contributed by atoms with Crippen LogP contribution in [0.25, 0.3) is 0 Å². The second kappa shape index (κ2) is 13.4. The lowest BCUT2D eigenvalue weighted by Gasteiger charge is -2.35. The minimum Gasteiger partial charge on any atom is -0.350 e. The zero-order valence-electron chi connectivity index (χ0n) is 23.9. The standard InChI is InChI=1S/C31H36BrN3O5S/c1-22(36)25-12-9-13-27(19-25)35(41(5,39)40)21-29(37)34(20-24-14-16-26(32)17-15-24)28(30(38)33-31(2,3)4)18-23-10-7-6-8-11-23/h6-17,19,28H,18,20-21H2,1-5H3,(H,33,38). The summed E-state index contributed by atoms with van der Waals surface area (Å²) in [6.45, 7) is 6.49. The molecule has 1 N–H and O–H groups in total. The number of carbonyl (C=O) groups is 3. The highest BCUT2D eigenvalue weighted by Crippen LogP contribution is 2.22. The third kappa shape index (κ3) is 9.54. The van der Waals surface area contributed by atoms with Gasteiger partial charge >= 0.3 is 0 Å². The summed E-state index contributed by atoms with van der Waals surface area (Å²) in [6, 6.07) is 21.9. The van der Waals surface area contributed by atoms with Crippen molar-refractivity contribution in [3.63, 3.8) is 0 Å². The van der Waals surface area contributed by atoms with Crippen LogP contribution in [-0.2, 0) is 32.6 Å². The average Bonchev–Trinajstić information content (AvgIpc) is 2.89. The number of carbonyl (C=O) groups excluding carboxylic acids is 3. The average molecular weight is 643 g/mol. The van der Waals surface area contributed by atoms with Gasteiger partial charge in [0.05, 0.1) is 11.9 Å². The van der Waals surface area contributed by atoms with E-state index in [2.05, 4.69) is 21.2 Å². The number of hydrogen-bond acceptors (Lipinski definition) is 5. The van der Waals surface area contributed by atoms with E-state index < -0.39 is 34.1 Å². The number of anilines is 1. The van der Waals surface area contributed by atoms with Crippen molar-refractivity contribution < 1.29 is 22.8 Å². The molecule has 218 valence electrons. The summed E-state index contributed by atoms with van der Waals surface area (Å²) in [6.07, 6.45) is 1.23. The molecule has 0 aliphatic rings. The van der Waals surface area contributed by atoms with Crippen LogP contribution in [0, 0.1) is 0 Å². The highest BCUT2D eigenvalue weighted by Gasteiger charge is 2.34. The van der Waals surface area contributed by atoms with E-state index in [1.165, 1.54) is 24.0 Å². The fourth-order valence-electron chi connectivity index (χ4n) is 4.29. The van der Waals surface area contributed by atoms with Crippen LogP contribution in [0.4, 0.5) is 5.69 Å². The van der Waals surface area contributed by atoms with E-state index in [0.29, 0.717) is 5.56 Å². The number of halogens is 1. The molecule has 0 fully saturated rings. The van der Waals surface area contributed by atoms with Crippen LogP contribution in [0.1, 0.15) is 49.2 Å². The van der Waals surface area contributed by atoms with Crippen molar-refractivity contribution in [3.8, 4) is 0 Å². The number of ketones is 1. The first kappa shape index (κ1) is 32.0. The van der Waals surface area contributed by atoms with Crippen molar-refractivity contribution in [2.45, 2.75) is 52.2 Å². The SMILES string of the molecule is CC(=O)c1cccc(N(CC(=O)N(Cc2ccc(Br)cc2)C(Cc2ccccc2)C(=O)NC(C)(C)C)S(C)(=O)=O)c1. The number of nitrogens with one attached hydrogen (secondary N) is 1. The van der Waals surface area contributed by atoms with Crippen molar-refractivity contribution in [3.05, 3.63) is 100 Å². The third-order valence-electron chi connectivity index (χ3n) is 6.26. The van der Waals surface area contributed by atoms with Gasteiger partial charge < -0.3 is 10.2 Å². The molecule has 2 amide bonds. The Labute approximate surface area is 250 Å². The molecule has 0 aliphatic heterocycles. The fraction of sp³-hybridized carbons (Fsp3) is 0.323. The van der Waals surface area contributed by atoms with Gasteiger partial charge in [-0.15, -0.1) is 0 Å². The Kier molecular flexibility index (Phi) is 10.5. The van der Waals surface area contributed by atoms with Crippen LogP contribution >= 0.6 is 15.9 Å². The molecular weight excluding hydrogens is 606 g/mol. The Balaban J connectivity index is 2.09. The highest BCUT2D eigenvalue weighted by atomic mass is 79.9. The molecule has 0 aromatic heterocycles. The molecule has 3 aromatic rings. The maximum atomic E-state index is 14.1. The van der Waals surface area contributed by atoms with E-state index in [-0.39, 0.29) is 30.3 Å². The van der Waals surface area contributed by atoms with Crippen molar-refractivity contribution >= 4 is 49.2 Å². The largest absolute Gasteiger partial charge is 0.350 e. The molecule has 0 saturated carbocycles. The van der Waals surface area contributed by atoms with E-state index in [1.807, 2.05) is 75.4 Å². The Morgan fingerprint density at radius 1 is 0.902 bits per heavy atom. The van der Waals surface area contributed by atoms with Crippen LogP contribution < -0.4 is 9.62 Å². The Hall–Kier alpha value is -3.50. The van der Waals surface area contributed by atoms with Crippen LogP contribution in [0.15, 0.2) is 83.3 Å². The van der Waals surface area contributed by atoms with Crippen molar-refractivity contribution in [1.29, 1.82) is 0 Å². The van der Waals surface area contributed by atoms with Gasteiger partial charge in [-0.1, -0.05) is 70.5 Å². The van der Waals surface area contributed by atoms with Gasteiger partial charge in [0, 0.05) is 28.5 Å². The summed E-state index contributed by atoms with van der Waals surface area (Å²) < 4.78 is 27.7. The van der Waals surface area contributed by atoms with Crippen LogP contribution in [-0.4, -0.2) is 55.3 Å². The molecule has 3 aromatic carbocycles. The lowest BCUT2D eigenvalue weighted by Crippen LogP contribution is -2.56. The zero-order chi connectivity index (χ0) is 30.4. The molecule has 1 atom stereocenters. The van der Waals surface area contributed by atoms with Crippen molar-refractivity contribution in [2.24, 2.45) is 0 Å². The molecule has 0 bridgehead atoms. The summed E-state index contributed by atoms with van der Waals surface area (Å²) in [7, 11) is -3.93. The smallest absolute Gasteiger partial charge is 0.244 e. The fourth-order valence-corrected chi connectivity index (χ4v) is 5.39. The summed E-state index contributed by atoms with van der Waals surface area (Å²) >= 11 is 3.42. The topological polar surface area (TPSA) is 104 Å². The number of Topliss-reactive ketones (excluding diaryl/α,β-unsaturated/α-hetero) is 1. The monoisotopic (exact) mass is 641 g/mol. The summed E-state index contributed by atoms with van der Waals surface area (Å²) in [5.41, 5.74) is 1.57. The van der Waals surface area contributed by atoms with Gasteiger partial charge in [-0.2, -0.15) is 0 Å². The Morgan fingerprint density at radius 2 is 1.54 bits per heavy atom. The quantitative estimate of drug-likeness (QED) is 0.298. The molecular formula is C31H36BrN3O5S. The Bertz CT molecular complexity index is 1490. The summed E-state index contributed by atoms with van der Waals surface area (Å²) in [4.78, 5) is 41.3. The van der Waals surface area contributed by atoms with Gasteiger partial charge in [-0.25, -0.2) is 8.42 Å². The molecule has 0 aliphatic carbocycles. The zero-order valence-corrected chi connectivity index (χ0v) is 26.3. The Morgan fingerprint density at radius 3 is 2.10 bits per heavy atom. The summed E-state index contributed by atoms with van der Waals surface area (Å²) in [5, 5.41) is 3.00. The van der Waals surface area contributed by atoms with Crippen molar-refractivity contribution in [1.82, 2.24) is 10.2 Å². The second-order valence-electron chi connectivity index (χ2n) is 11.0. The maximum Gasteiger partial charge on any atom is 0.244 e. The van der Waals surface area contributed by atoms with Crippen LogP contribution in [0.2, 0.25) is 0 Å². The molecule has 0 saturated heterocycles. The van der Waals surface area contributed by atoms with E-state index in [9.17, 15) is 22.8 Å². The first-order valence-corrected chi connectivity index (χ1v) is 15.8. The van der Waals surface area contributed by atoms with Gasteiger partial charge in [0.2, 0.25) is 21.8 Å². The van der Waals surface area contributed by atoms with Crippen LogP contribution in [0.5, 0.6) is 0 Å². The molecule has 1 unspecified atom stereocenters. The lowest BCUT2D eigenvalue weighted by molar-refractivity contribution is -0.140. The minimum absolute atomic E-state index is 0.0757. The number of rotatable bonds is 11. The first-order valence-electron chi connectivity index (χ1n) is 13.1. The van der Waals surface area contributed by atoms with Gasteiger partial charge in [0.1, 0.15) is 12.6 Å². The predicted molar refractivity (Wildman–Crippen MR) is 165 cm³/mol. The maximum absolute atomic E-state index is 14.1. The number of hydrogen-bond donors (Lipinski definition) is 1. The number of nitrogens with zero attached hydrogens (tertiary/aromatic N) is 2. The van der Waals surface area contributed by atoms with Gasteiger partial charge in [-0.05, 0) is 63.1 Å².